The fourth-order valence-corrected chi connectivity index (χ4v) is 3.41. The van der Waals surface area contributed by atoms with Crippen LogP contribution in [-0.2, 0) is 4.74 Å². The first kappa shape index (κ1) is 17.1. The van der Waals surface area contributed by atoms with Crippen molar-refractivity contribution in [2.75, 3.05) is 32.2 Å². The molecular formula is C26H27ClO3. The molecule has 0 aromatic heterocycles. The molecule has 0 aliphatic rings. The lowest BCUT2D eigenvalue weighted by molar-refractivity contribution is 0.0705. The normalized spacial score (nSPS) is 14.7. The van der Waals surface area contributed by atoms with E-state index in [0.29, 0.717) is 18.1 Å². The zero-order valence-electron chi connectivity index (χ0n) is 20.6. The molecule has 0 amide bonds. The molecule has 0 fully saturated rings. The molecule has 4 heteroatoms. The van der Waals surface area contributed by atoms with Gasteiger partial charge in [-0.05, 0) is 46.4 Å². The van der Waals surface area contributed by atoms with E-state index in [2.05, 4.69) is 24.3 Å². The first-order valence-corrected chi connectivity index (χ1v) is 10.2. The van der Waals surface area contributed by atoms with E-state index in [1.165, 1.54) is 0 Å². The fourth-order valence-electron chi connectivity index (χ4n) is 3.22. The number of alkyl halides is 1. The van der Waals surface area contributed by atoms with Crippen LogP contribution in [-0.4, -0.2) is 37.3 Å². The van der Waals surface area contributed by atoms with Crippen LogP contribution in [0.5, 0.6) is 5.75 Å². The third-order valence-electron chi connectivity index (χ3n) is 4.51. The summed E-state index contributed by atoms with van der Waals surface area (Å²) in [7, 11) is 0. The second-order valence-electron chi connectivity index (χ2n) is 6.43. The molecule has 0 spiro atoms. The van der Waals surface area contributed by atoms with Gasteiger partial charge < -0.3 is 14.6 Å². The van der Waals surface area contributed by atoms with Crippen molar-refractivity contribution >= 4 is 22.7 Å². The SMILES string of the molecule is [2H]C([2H])(COc1ccc(/C(=C(/CCCl)c2ccccc2)c2ccccc2)cc1)O[13CH2][13C]([2H])([2H])O. The molecule has 3 rings (SSSR count). The maximum absolute atomic E-state index is 9.10. The highest BCUT2D eigenvalue weighted by Gasteiger charge is 2.14. The lowest BCUT2D eigenvalue weighted by Gasteiger charge is -2.17. The van der Waals surface area contributed by atoms with Gasteiger partial charge in [-0.25, -0.2) is 0 Å². The molecule has 156 valence electrons. The average molecular weight is 429 g/mol. The Hall–Kier alpha value is -2.59. The summed E-state index contributed by atoms with van der Waals surface area (Å²) in [4.78, 5) is 0. The number of ether oxygens (including phenoxy) is 2. The number of allylic oxidation sites excluding steroid dienone is 1. The quantitative estimate of drug-likeness (QED) is 0.243. The van der Waals surface area contributed by atoms with Crippen molar-refractivity contribution in [3.63, 3.8) is 0 Å². The molecule has 0 aliphatic carbocycles. The summed E-state index contributed by atoms with van der Waals surface area (Å²) < 4.78 is 40.0. The van der Waals surface area contributed by atoms with Gasteiger partial charge in [0.05, 0.1) is 25.2 Å². The number of halogens is 1. The van der Waals surface area contributed by atoms with Crippen molar-refractivity contribution in [3.05, 3.63) is 102 Å². The standard InChI is InChI=1S/C26H27ClO3/c27-16-15-25(21-7-3-1-4-8-21)26(22-9-5-2-6-10-22)23-11-13-24(14-12-23)30-20-19-29-18-17-28/h1-14,28H,15-20H2/b26-25-/i17+1D2,18+1,19D2. The van der Waals surface area contributed by atoms with Crippen LogP contribution in [0.1, 0.15) is 28.6 Å². The molecule has 0 saturated carbocycles. The van der Waals surface area contributed by atoms with E-state index in [9.17, 15) is 0 Å². The van der Waals surface area contributed by atoms with Gasteiger partial charge in [0, 0.05) is 5.88 Å². The van der Waals surface area contributed by atoms with Crippen molar-refractivity contribution in [2.24, 2.45) is 0 Å². The summed E-state index contributed by atoms with van der Waals surface area (Å²) >= 11 is 6.19. The minimum Gasteiger partial charge on any atom is -0.491 e. The van der Waals surface area contributed by atoms with Crippen molar-refractivity contribution < 1.29 is 20.1 Å². The van der Waals surface area contributed by atoms with Gasteiger partial charge in [-0.3, -0.25) is 0 Å². The van der Waals surface area contributed by atoms with Gasteiger partial charge in [0.1, 0.15) is 12.4 Å². The molecule has 0 unspecified atom stereocenters. The van der Waals surface area contributed by atoms with Crippen LogP contribution in [0, 0.1) is 0 Å². The van der Waals surface area contributed by atoms with Gasteiger partial charge in [-0.2, -0.15) is 0 Å². The lowest BCUT2D eigenvalue weighted by atomic mass is 9.88. The second kappa shape index (κ2) is 12.2. The summed E-state index contributed by atoms with van der Waals surface area (Å²) in [6, 6.07) is 27.5. The average Bonchev–Trinajstić information content (AvgIpc) is 2.83. The van der Waals surface area contributed by atoms with E-state index in [1.54, 1.807) is 12.1 Å². The van der Waals surface area contributed by atoms with Gasteiger partial charge in [0.15, 0.2) is 0 Å². The van der Waals surface area contributed by atoms with E-state index in [4.69, 9.17) is 31.7 Å². The maximum Gasteiger partial charge on any atom is 0.119 e. The number of aliphatic hydroxyl groups is 1. The van der Waals surface area contributed by atoms with E-state index in [1.807, 2.05) is 48.5 Å². The monoisotopic (exact) mass is 428 g/mol. The molecule has 0 atom stereocenters. The summed E-state index contributed by atoms with van der Waals surface area (Å²) in [5.41, 5.74) is 5.30. The van der Waals surface area contributed by atoms with Crippen LogP contribution in [0.3, 0.4) is 0 Å². The second-order valence-corrected chi connectivity index (χ2v) is 6.81. The highest BCUT2D eigenvalue weighted by atomic mass is 35.5. The van der Waals surface area contributed by atoms with E-state index in [0.717, 1.165) is 27.8 Å². The Morgan fingerprint density at radius 3 is 2.00 bits per heavy atom. The van der Waals surface area contributed by atoms with Crippen molar-refractivity contribution in [2.45, 2.75) is 6.42 Å². The summed E-state index contributed by atoms with van der Waals surface area (Å²) in [6.07, 6.45) is 0.684. The number of hydrogen-bond donors (Lipinski definition) is 1. The fraction of sp³-hybridized carbons (Fsp3) is 0.231. The Labute approximate surface area is 189 Å². The van der Waals surface area contributed by atoms with Crippen LogP contribution in [0.15, 0.2) is 84.9 Å². The number of benzene rings is 3. The maximum atomic E-state index is 9.10. The highest BCUT2D eigenvalue weighted by Crippen LogP contribution is 2.35. The molecule has 0 heterocycles. The minimum absolute atomic E-state index is 0.439. The molecule has 1 N–H and O–H groups in total. The van der Waals surface area contributed by atoms with Crippen LogP contribution >= 0.6 is 11.6 Å². The Balaban J connectivity index is 1.89. The molecular weight excluding hydrogens is 398 g/mol. The Morgan fingerprint density at radius 1 is 0.800 bits per heavy atom. The first-order valence-electron chi connectivity index (χ1n) is 11.7. The smallest absolute Gasteiger partial charge is 0.119 e. The molecule has 0 aliphatic heterocycles. The third-order valence-corrected chi connectivity index (χ3v) is 4.70. The zero-order chi connectivity index (χ0) is 24.6. The van der Waals surface area contributed by atoms with Gasteiger partial charge in [-0.15, -0.1) is 11.6 Å². The van der Waals surface area contributed by atoms with Crippen molar-refractivity contribution in [1.29, 1.82) is 0 Å². The zero-order valence-corrected chi connectivity index (χ0v) is 17.3. The van der Waals surface area contributed by atoms with E-state index < -0.39 is 26.3 Å². The number of rotatable bonds is 11. The topological polar surface area (TPSA) is 38.7 Å². The molecule has 30 heavy (non-hydrogen) atoms. The number of hydrogen-bond acceptors (Lipinski definition) is 3. The summed E-state index contributed by atoms with van der Waals surface area (Å²) in [6.45, 7) is -6.12. The molecule has 3 aromatic rings. The van der Waals surface area contributed by atoms with Crippen LogP contribution in [0.25, 0.3) is 11.1 Å². The van der Waals surface area contributed by atoms with Crippen LogP contribution < -0.4 is 4.74 Å². The van der Waals surface area contributed by atoms with Crippen LogP contribution in [0.4, 0.5) is 0 Å². The van der Waals surface area contributed by atoms with E-state index in [-0.39, 0.29) is 0 Å². The molecule has 0 bridgehead atoms. The van der Waals surface area contributed by atoms with Gasteiger partial charge >= 0.3 is 0 Å². The molecule has 0 radical (unpaired) electrons. The highest BCUT2D eigenvalue weighted by molar-refractivity contribution is 6.18. The molecule has 0 saturated heterocycles. The Kier molecular flexibility index (Phi) is 6.96. The van der Waals surface area contributed by atoms with Gasteiger partial charge in [-0.1, -0.05) is 72.8 Å². The van der Waals surface area contributed by atoms with Crippen molar-refractivity contribution in [1.82, 2.24) is 0 Å². The molecule has 3 aromatic carbocycles. The Morgan fingerprint density at radius 2 is 1.40 bits per heavy atom. The predicted molar refractivity (Wildman–Crippen MR) is 124 cm³/mol. The lowest BCUT2D eigenvalue weighted by Crippen LogP contribution is -2.09. The van der Waals surface area contributed by atoms with Gasteiger partial charge in [0.25, 0.3) is 0 Å². The van der Waals surface area contributed by atoms with Crippen molar-refractivity contribution in [3.8, 4) is 5.75 Å². The van der Waals surface area contributed by atoms with Gasteiger partial charge in [0.2, 0.25) is 0 Å². The predicted octanol–water partition coefficient (Wildman–Crippen LogP) is 5.66. The third kappa shape index (κ3) is 6.20. The summed E-state index contributed by atoms with van der Waals surface area (Å²) in [5.74, 6) is 0.914. The van der Waals surface area contributed by atoms with Crippen LogP contribution in [0.2, 0.25) is 0 Å². The van der Waals surface area contributed by atoms with E-state index >= 15 is 0 Å². The minimum atomic E-state index is -2.62. The Bertz CT molecular complexity index is 1070. The first-order chi connectivity index (χ1) is 16.2. The largest absolute Gasteiger partial charge is 0.491 e. The molecule has 3 nitrogen and oxygen atoms in total. The summed E-state index contributed by atoms with van der Waals surface area (Å²) in [5, 5.41) is 9.10.